The first-order chi connectivity index (χ1) is 20.9. The van der Waals surface area contributed by atoms with Crippen LogP contribution in [-0.2, 0) is 38.6 Å². The molecule has 0 aliphatic rings. The summed E-state index contributed by atoms with van der Waals surface area (Å²) in [6.07, 6.45) is 1.35. The number of likely N-dealkylation sites (N-methyl/N-ethyl adjacent to an activating group) is 1. The van der Waals surface area contributed by atoms with Gasteiger partial charge in [-0.15, -0.1) is 0 Å². The van der Waals surface area contributed by atoms with Gasteiger partial charge in [-0.25, -0.2) is 14.8 Å². The summed E-state index contributed by atoms with van der Waals surface area (Å²) in [7, 11) is 3.00. The van der Waals surface area contributed by atoms with Crippen LogP contribution in [0.3, 0.4) is 0 Å². The predicted molar refractivity (Wildman–Crippen MR) is 167 cm³/mol. The second-order valence-corrected chi connectivity index (χ2v) is 10.3. The number of amides is 1. The molecule has 0 bridgehead atoms. The van der Waals surface area contributed by atoms with E-state index in [0.717, 1.165) is 40.9 Å². The number of imidazole rings is 1. The zero-order valence-electron chi connectivity index (χ0n) is 25.5. The number of benzene rings is 2. The number of methoxy groups -OCH3 is 2. The number of nitrogens with zero attached hydrogens (tertiary/aromatic N) is 5. The molecule has 2 aromatic heterocycles. The maximum Gasteiger partial charge on any atom is 0.343 e. The average Bonchev–Trinajstić information content (AvgIpc) is 3.40. The molecule has 11 heteroatoms. The third-order valence-electron chi connectivity index (χ3n) is 7.52. The number of nitrogens with two attached hydrogens (primary N) is 1. The number of ether oxygens (including phenoxy) is 3. The van der Waals surface area contributed by atoms with Crippen LogP contribution in [0, 0.1) is 0 Å². The van der Waals surface area contributed by atoms with Crippen LogP contribution >= 0.6 is 0 Å². The Kier molecular flexibility index (Phi) is 11.3. The standard InChI is InChI=1S/C32H42N6O5/c1-5-36(6-2)21-28(39)37(20-23-12-14-24(15-13-23)43-22-29(40)42-4)17-9-18-38-27(16-19-41-3)35-30-31(38)25-10-7-8-11-26(25)34-32(30)33/h7-8,10-15H,5-6,9,16-22H2,1-4H3,(H2,33,34). The second-order valence-electron chi connectivity index (χ2n) is 10.3. The topological polar surface area (TPSA) is 125 Å². The van der Waals surface area contributed by atoms with Crippen LogP contribution in [-0.4, -0.2) is 89.8 Å². The van der Waals surface area contributed by atoms with E-state index in [9.17, 15) is 9.59 Å². The van der Waals surface area contributed by atoms with E-state index in [4.69, 9.17) is 20.2 Å². The first-order valence-corrected chi connectivity index (χ1v) is 14.7. The molecule has 2 N–H and O–H groups in total. The molecule has 0 atom stereocenters. The van der Waals surface area contributed by atoms with Crippen molar-refractivity contribution in [1.82, 2.24) is 24.3 Å². The van der Waals surface area contributed by atoms with Gasteiger partial charge in [-0.3, -0.25) is 9.69 Å². The summed E-state index contributed by atoms with van der Waals surface area (Å²) in [5, 5.41) is 0.992. The van der Waals surface area contributed by atoms with E-state index in [0.29, 0.717) is 62.7 Å². The van der Waals surface area contributed by atoms with Crippen molar-refractivity contribution >= 4 is 39.6 Å². The number of rotatable bonds is 16. The van der Waals surface area contributed by atoms with Gasteiger partial charge in [0.15, 0.2) is 12.4 Å². The fourth-order valence-electron chi connectivity index (χ4n) is 5.09. The van der Waals surface area contributed by atoms with Crippen LogP contribution in [0.1, 0.15) is 31.7 Å². The number of hydrogen-bond donors (Lipinski definition) is 1. The van der Waals surface area contributed by atoms with Crippen LogP contribution in [0.4, 0.5) is 5.82 Å². The van der Waals surface area contributed by atoms with Crippen LogP contribution in [0.15, 0.2) is 48.5 Å². The lowest BCUT2D eigenvalue weighted by molar-refractivity contribution is -0.143. The Morgan fingerprint density at radius 2 is 1.74 bits per heavy atom. The molecule has 0 saturated heterocycles. The third kappa shape index (κ3) is 7.99. The minimum Gasteiger partial charge on any atom is -0.482 e. The molecule has 0 saturated carbocycles. The van der Waals surface area contributed by atoms with Gasteiger partial charge in [-0.2, -0.15) is 0 Å². The van der Waals surface area contributed by atoms with E-state index >= 15 is 0 Å². The van der Waals surface area contributed by atoms with Crippen molar-refractivity contribution in [1.29, 1.82) is 0 Å². The monoisotopic (exact) mass is 590 g/mol. The van der Waals surface area contributed by atoms with Crippen molar-refractivity contribution in [3.05, 3.63) is 59.9 Å². The fraction of sp³-hybridized carbons (Fsp3) is 0.438. The van der Waals surface area contributed by atoms with Crippen molar-refractivity contribution in [3.8, 4) is 5.75 Å². The summed E-state index contributed by atoms with van der Waals surface area (Å²) in [6, 6.07) is 15.4. The van der Waals surface area contributed by atoms with Crippen molar-refractivity contribution < 1.29 is 23.8 Å². The average molecular weight is 591 g/mol. The molecule has 0 unspecified atom stereocenters. The van der Waals surface area contributed by atoms with Gasteiger partial charge in [0.2, 0.25) is 5.91 Å². The van der Waals surface area contributed by atoms with E-state index in [1.807, 2.05) is 41.3 Å². The number of para-hydroxylation sites is 1. The summed E-state index contributed by atoms with van der Waals surface area (Å²) in [5.41, 5.74) is 9.79. The molecule has 4 aromatic rings. The lowest BCUT2D eigenvalue weighted by atomic mass is 10.1. The molecule has 1 amide bonds. The SMILES string of the molecule is CCN(CC)CC(=O)N(CCCn1c(CCOC)nc2c(N)nc3ccccc3c21)Cc1ccc(OCC(=O)OC)cc1. The highest BCUT2D eigenvalue weighted by molar-refractivity contribution is 6.06. The molecule has 0 spiro atoms. The van der Waals surface area contributed by atoms with Crippen molar-refractivity contribution in [2.45, 2.75) is 39.8 Å². The molecule has 11 nitrogen and oxygen atoms in total. The Morgan fingerprint density at radius 1 is 1.00 bits per heavy atom. The number of esters is 1. The Morgan fingerprint density at radius 3 is 2.44 bits per heavy atom. The van der Waals surface area contributed by atoms with Crippen LogP contribution < -0.4 is 10.5 Å². The zero-order valence-corrected chi connectivity index (χ0v) is 25.5. The summed E-state index contributed by atoms with van der Waals surface area (Å²) in [5.74, 6) is 1.47. The van der Waals surface area contributed by atoms with Gasteiger partial charge in [0.1, 0.15) is 17.1 Å². The quantitative estimate of drug-likeness (QED) is 0.195. The number of hydrogen-bond acceptors (Lipinski definition) is 9. The Balaban J connectivity index is 1.56. The molecule has 0 radical (unpaired) electrons. The summed E-state index contributed by atoms with van der Waals surface area (Å²) >= 11 is 0. The summed E-state index contributed by atoms with van der Waals surface area (Å²) in [4.78, 5) is 38.4. The Bertz CT molecular complexity index is 1520. The molecule has 0 fully saturated rings. The fourth-order valence-corrected chi connectivity index (χ4v) is 5.09. The number of carbonyl (C=O) groups excluding carboxylic acids is 2. The third-order valence-corrected chi connectivity index (χ3v) is 7.52. The van der Waals surface area contributed by atoms with E-state index < -0.39 is 5.97 Å². The number of anilines is 1. The van der Waals surface area contributed by atoms with Crippen LogP contribution in [0.25, 0.3) is 21.9 Å². The van der Waals surface area contributed by atoms with Gasteiger partial charge in [0.05, 0.1) is 31.3 Å². The lowest BCUT2D eigenvalue weighted by Gasteiger charge is -2.27. The minimum atomic E-state index is -0.444. The highest BCUT2D eigenvalue weighted by Crippen LogP contribution is 2.29. The van der Waals surface area contributed by atoms with Crippen molar-refractivity contribution in [2.24, 2.45) is 0 Å². The molecule has 230 valence electrons. The van der Waals surface area contributed by atoms with E-state index in [1.165, 1.54) is 7.11 Å². The van der Waals surface area contributed by atoms with Crippen LogP contribution in [0.5, 0.6) is 5.75 Å². The predicted octanol–water partition coefficient (Wildman–Crippen LogP) is 3.67. The van der Waals surface area contributed by atoms with Gasteiger partial charge in [0.25, 0.3) is 0 Å². The first kappa shape index (κ1) is 31.7. The Hall–Kier alpha value is -4.22. The molecule has 0 aliphatic heterocycles. The maximum atomic E-state index is 13.5. The van der Waals surface area contributed by atoms with Gasteiger partial charge in [-0.05, 0) is 43.3 Å². The van der Waals surface area contributed by atoms with Gasteiger partial charge in [0, 0.05) is 38.6 Å². The minimum absolute atomic E-state index is 0.0729. The zero-order chi connectivity index (χ0) is 30.8. The number of nitrogen functional groups attached to an aromatic ring is 1. The smallest absolute Gasteiger partial charge is 0.343 e. The largest absolute Gasteiger partial charge is 0.482 e. The summed E-state index contributed by atoms with van der Waals surface area (Å²) in [6.45, 7) is 8.12. The van der Waals surface area contributed by atoms with E-state index in [2.05, 4.69) is 33.0 Å². The van der Waals surface area contributed by atoms with Gasteiger partial charge < -0.3 is 29.4 Å². The van der Waals surface area contributed by atoms with Gasteiger partial charge >= 0.3 is 5.97 Å². The molecule has 0 aliphatic carbocycles. The normalized spacial score (nSPS) is 11.4. The number of aryl methyl sites for hydroxylation is 1. The number of carbonyl (C=O) groups is 2. The van der Waals surface area contributed by atoms with Crippen molar-refractivity contribution in [2.75, 3.05) is 59.3 Å². The van der Waals surface area contributed by atoms with Crippen LogP contribution in [0.2, 0.25) is 0 Å². The maximum absolute atomic E-state index is 13.5. The molecule has 4 rings (SSSR count). The van der Waals surface area contributed by atoms with Gasteiger partial charge in [-0.1, -0.05) is 44.2 Å². The highest BCUT2D eigenvalue weighted by Gasteiger charge is 2.20. The molecule has 43 heavy (non-hydrogen) atoms. The van der Waals surface area contributed by atoms with E-state index in [1.54, 1.807) is 19.2 Å². The molecular weight excluding hydrogens is 548 g/mol. The second kappa shape index (κ2) is 15.3. The Labute approximate surface area is 252 Å². The molecular formula is C32H42N6O5. The highest BCUT2D eigenvalue weighted by atomic mass is 16.6. The number of fused-ring (bicyclic) bond motifs is 3. The number of aromatic nitrogens is 3. The molecule has 2 aromatic carbocycles. The number of pyridine rings is 1. The van der Waals surface area contributed by atoms with Crippen molar-refractivity contribution in [3.63, 3.8) is 0 Å². The summed E-state index contributed by atoms with van der Waals surface area (Å²) < 4.78 is 17.7. The van der Waals surface area contributed by atoms with E-state index in [-0.39, 0.29) is 12.5 Å². The lowest BCUT2D eigenvalue weighted by Crippen LogP contribution is -2.40. The molecule has 2 heterocycles. The first-order valence-electron chi connectivity index (χ1n) is 14.7.